The number of methoxy groups -OCH3 is 1. The van der Waals surface area contributed by atoms with Gasteiger partial charge < -0.3 is 4.74 Å². The Morgan fingerprint density at radius 1 is 1.60 bits per heavy atom. The minimum Gasteiger partial charge on any atom is -0.466 e. The van der Waals surface area contributed by atoms with Crippen LogP contribution in [0.5, 0.6) is 0 Å². The lowest BCUT2D eigenvalue weighted by Crippen LogP contribution is -1.93. The van der Waals surface area contributed by atoms with E-state index in [0.29, 0.717) is 16.3 Å². The van der Waals surface area contributed by atoms with Gasteiger partial charge in [-0.05, 0) is 17.7 Å². The first-order valence-electron chi connectivity index (χ1n) is 4.10. The molecule has 0 aromatic heterocycles. The van der Waals surface area contributed by atoms with Crippen LogP contribution >= 0.6 is 11.6 Å². The van der Waals surface area contributed by atoms with Crippen molar-refractivity contribution in [2.24, 2.45) is 0 Å². The van der Waals surface area contributed by atoms with Crippen molar-refractivity contribution in [3.63, 3.8) is 0 Å². The number of hydrogen-bond acceptors (Lipinski definition) is 2. The molecule has 0 spiro atoms. The van der Waals surface area contributed by atoms with Gasteiger partial charge >= 0.3 is 5.97 Å². The summed E-state index contributed by atoms with van der Waals surface area (Å²) in [6.07, 6.45) is 2.79. The van der Waals surface area contributed by atoms with Crippen LogP contribution in [0.4, 0.5) is 5.69 Å². The molecule has 0 atom stereocenters. The topological polar surface area (TPSA) is 30.7 Å². The van der Waals surface area contributed by atoms with Crippen molar-refractivity contribution in [2.45, 2.75) is 0 Å². The molecule has 0 saturated carbocycles. The number of carbonyl (C=O) groups is 1. The average molecular weight is 222 g/mol. The number of esters is 1. The van der Waals surface area contributed by atoms with Crippen LogP contribution in [0.1, 0.15) is 5.56 Å². The molecule has 3 nitrogen and oxygen atoms in total. The molecular weight excluding hydrogens is 214 g/mol. The van der Waals surface area contributed by atoms with Gasteiger partial charge in [0, 0.05) is 11.1 Å². The zero-order chi connectivity index (χ0) is 11.3. The Morgan fingerprint density at radius 3 is 2.93 bits per heavy atom. The van der Waals surface area contributed by atoms with Crippen LogP contribution in [0.15, 0.2) is 24.3 Å². The number of halogens is 1. The smallest absolute Gasteiger partial charge is 0.330 e. The van der Waals surface area contributed by atoms with Gasteiger partial charge in [-0.2, -0.15) is 0 Å². The first-order valence-corrected chi connectivity index (χ1v) is 4.48. The number of benzene rings is 1. The van der Waals surface area contributed by atoms with Crippen LogP contribution in [0.3, 0.4) is 0 Å². The average Bonchev–Trinajstić information content (AvgIpc) is 2.26. The molecule has 0 heterocycles. The van der Waals surface area contributed by atoms with Crippen LogP contribution in [-0.2, 0) is 9.53 Å². The zero-order valence-electron chi connectivity index (χ0n) is 8.03. The molecule has 1 aromatic carbocycles. The zero-order valence-corrected chi connectivity index (χ0v) is 8.78. The first-order chi connectivity index (χ1) is 7.17. The van der Waals surface area contributed by atoms with Gasteiger partial charge in [0.15, 0.2) is 5.69 Å². The lowest BCUT2D eigenvalue weighted by Gasteiger charge is -1.98. The molecule has 0 fully saturated rings. The second kappa shape index (κ2) is 5.18. The normalized spacial score (nSPS) is 9.93. The lowest BCUT2D eigenvalue weighted by atomic mass is 10.1. The molecule has 15 heavy (non-hydrogen) atoms. The Balaban J connectivity index is 3.01. The van der Waals surface area contributed by atoms with Crippen molar-refractivity contribution in [3.05, 3.63) is 46.3 Å². The van der Waals surface area contributed by atoms with Gasteiger partial charge in [-0.3, -0.25) is 0 Å². The molecule has 1 aromatic rings. The number of hydrogen-bond donors (Lipinski definition) is 0. The summed E-state index contributed by atoms with van der Waals surface area (Å²) >= 11 is 5.73. The molecule has 4 heteroatoms. The fourth-order valence-corrected chi connectivity index (χ4v) is 1.15. The van der Waals surface area contributed by atoms with Crippen molar-refractivity contribution in [3.8, 4) is 0 Å². The maximum absolute atomic E-state index is 10.8. The van der Waals surface area contributed by atoms with E-state index < -0.39 is 5.97 Å². The van der Waals surface area contributed by atoms with Crippen LogP contribution in [-0.4, -0.2) is 13.1 Å². The van der Waals surface area contributed by atoms with Gasteiger partial charge in [0.05, 0.1) is 13.7 Å². The van der Waals surface area contributed by atoms with Crippen LogP contribution in [0, 0.1) is 6.57 Å². The quantitative estimate of drug-likeness (QED) is 0.437. The Labute approximate surface area is 92.7 Å². The van der Waals surface area contributed by atoms with Crippen LogP contribution in [0.25, 0.3) is 10.9 Å². The summed E-state index contributed by atoms with van der Waals surface area (Å²) in [7, 11) is 1.30. The number of nitrogens with zero attached hydrogens (tertiary/aromatic N) is 1. The molecule has 0 amide bonds. The molecule has 0 saturated heterocycles. The lowest BCUT2D eigenvalue weighted by molar-refractivity contribution is -0.134. The van der Waals surface area contributed by atoms with E-state index >= 15 is 0 Å². The number of ether oxygens (including phenoxy) is 1. The Bertz CT molecular complexity index is 446. The highest BCUT2D eigenvalue weighted by Gasteiger charge is 2.00. The predicted octanol–water partition coefficient (Wildman–Crippen LogP) is 3.08. The van der Waals surface area contributed by atoms with Crippen molar-refractivity contribution < 1.29 is 9.53 Å². The maximum atomic E-state index is 10.8. The highest BCUT2D eigenvalue weighted by molar-refractivity contribution is 6.31. The van der Waals surface area contributed by atoms with E-state index in [1.807, 2.05) is 0 Å². The predicted molar refractivity (Wildman–Crippen MR) is 58.8 cm³/mol. The van der Waals surface area contributed by atoms with Crippen LogP contribution < -0.4 is 0 Å². The molecular formula is C11H8ClNO2. The van der Waals surface area contributed by atoms with E-state index in [9.17, 15) is 4.79 Å². The van der Waals surface area contributed by atoms with Crippen molar-refractivity contribution in [1.82, 2.24) is 0 Å². The summed E-state index contributed by atoms with van der Waals surface area (Å²) in [6.45, 7) is 6.93. The van der Waals surface area contributed by atoms with Crippen LogP contribution in [0.2, 0.25) is 5.02 Å². The Kier molecular flexibility index (Phi) is 3.90. The SMILES string of the molecule is [C-]#[N+]c1cc(Cl)ccc1/C=C/C(=O)OC. The number of rotatable bonds is 2. The highest BCUT2D eigenvalue weighted by atomic mass is 35.5. The van der Waals surface area contributed by atoms with E-state index in [-0.39, 0.29) is 0 Å². The second-order valence-corrected chi connectivity index (χ2v) is 3.11. The highest BCUT2D eigenvalue weighted by Crippen LogP contribution is 2.24. The van der Waals surface area contributed by atoms with Gasteiger partial charge in [0.2, 0.25) is 0 Å². The molecule has 0 aliphatic heterocycles. The maximum Gasteiger partial charge on any atom is 0.330 e. The van der Waals surface area contributed by atoms with E-state index in [1.165, 1.54) is 19.3 Å². The van der Waals surface area contributed by atoms with E-state index in [0.717, 1.165) is 0 Å². The Morgan fingerprint density at radius 2 is 2.33 bits per heavy atom. The summed E-state index contributed by atoms with van der Waals surface area (Å²) < 4.78 is 4.44. The van der Waals surface area contributed by atoms with Crippen molar-refractivity contribution >= 4 is 29.3 Å². The van der Waals surface area contributed by atoms with Crippen molar-refractivity contribution in [1.29, 1.82) is 0 Å². The molecule has 1 rings (SSSR count). The number of carbonyl (C=O) groups excluding carboxylic acids is 1. The van der Waals surface area contributed by atoms with E-state index in [1.54, 1.807) is 18.2 Å². The van der Waals surface area contributed by atoms with Gasteiger partial charge in [-0.15, -0.1) is 0 Å². The second-order valence-electron chi connectivity index (χ2n) is 2.67. The third-order valence-electron chi connectivity index (χ3n) is 1.71. The summed E-state index contributed by atoms with van der Waals surface area (Å²) in [5, 5.41) is 0.496. The monoisotopic (exact) mass is 221 g/mol. The first kappa shape index (κ1) is 11.3. The van der Waals surface area contributed by atoms with Crippen molar-refractivity contribution in [2.75, 3.05) is 7.11 Å². The molecule has 0 radical (unpaired) electrons. The van der Waals surface area contributed by atoms with Gasteiger partial charge in [-0.25, -0.2) is 9.64 Å². The molecule has 76 valence electrons. The largest absolute Gasteiger partial charge is 0.466 e. The van der Waals surface area contributed by atoms with Gasteiger partial charge in [0.1, 0.15) is 0 Å². The summed E-state index contributed by atoms with van der Waals surface area (Å²) in [6, 6.07) is 4.88. The fraction of sp³-hybridized carbons (Fsp3) is 0.0909. The standard InChI is InChI=1S/C11H8ClNO2/c1-13-10-7-9(12)5-3-8(10)4-6-11(14)15-2/h3-7H,2H3/b6-4+. The van der Waals surface area contributed by atoms with Gasteiger partial charge in [0.25, 0.3) is 0 Å². The third-order valence-corrected chi connectivity index (χ3v) is 1.95. The molecule has 0 aliphatic carbocycles. The molecule has 0 N–H and O–H groups in total. The van der Waals surface area contributed by atoms with E-state index in [2.05, 4.69) is 9.58 Å². The molecule has 0 aliphatic rings. The van der Waals surface area contributed by atoms with Gasteiger partial charge in [-0.1, -0.05) is 23.7 Å². The molecule has 0 unspecified atom stereocenters. The Hall–Kier alpha value is -1.79. The summed E-state index contributed by atoms with van der Waals surface area (Å²) in [5.41, 5.74) is 1.04. The summed E-state index contributed by atoms with van der Waals surface area (Å²) in [5.74, 6) is -0.458. The fourth-order valence-electron chi connectivity index (χ4n) is 0.980. The minimum absolute atomic E-state index is 0.405. The van der Waals surface area contributed by atoms with E-state index in [4.69, 9.17) is 18.2 Å². The molecule has 0 bridgehead atoms. The summed E-state index contributed by atoms with van der Waals surface area (Å²) in [4.78, 5) is 14.1. The minimum atomic E-state index is -0.458. The third kappa shape index (κ3) is 3.12.